The van der Waals surface area contributed by atoms with E-state index in [1.54, 1.807) is 0 Å². The maximum absolute atomic E-state index is 3.62. The molecule has 1 fully saturated rings. The zero-order valence-electron chi connectivity index (χ0n) is 9.41. The van der Waals surface area contributed by atoms with Gasteiger partial charge in [0.15, 0.2) is 0 Å². The van der Waals surface area contributed by atoms with Gasteiger partial charge in [0.25, 0.3) is 0 Å². The summed E-state index contributed by atoms with van der Waals surface area (Å²) < 4.78 is 1.42. The summed E-state index contributed by atoms with van der Waals surface area (Å²) >= 11 is 1.95. The van der Waals surface area contributed by atoms with Crippen LogP contribution in [0.3, 0.4) is 0 Å². The molecule has 1 atom stereocenters. The number of piperidine rings is 1. The van der Waals surface area contributed by atoms with Gasteiger partial charge in [0.1, 0.15) is 0 Å². The molecule has 0 unspecified atom stereocenters. The van der Waals surface area contributed by atoms with Crippen molar-refractivity contribution in [3.63, 3.8) is 0 Å². The van der Waals surface area contributed by atoms with Gasteiger partial charge in [0.05, 0.1) is 0 Å². The minimum atomic E-state index is 0.710. The minimum absolute atomic E-state index is 0.710. The molecule has 3 rings (SSSR count). The largest absolute Gasteiger partial charge is 0.314 e. The third-order valence-electron chi connectivity index (χ3n) is 3.34. The third-order valence-corrected chi connectivity index (χ3v) is 4.47. The van der Waals surface area contributed by atoms with Crippen LogP contribution in [-0.2, 0) is 6.42 Å². The molecule has 0 aliphatic carbocycles. The van der Waals surface area contributed by atoms with Crippen LogP contribution in [0, 0.1) is 0 Å². The molecule has 16 heavy (non-hydrogen) atoms. The van der Waals surface area contributed by atoms with Crippen LogP contribution >= 0.6 is 11.3 Å². The highest BCUT2D eigenvalue weighted by Gasteiger charge is 2.14. The predicted octanol–water partition coefficient (Wildman–Crippen LogP) is 3.59. The maximum atomic E-state index is 3.62. The molecule has 1 aliphatic rings. The lowest BCUT2D eigenvalue weighted by atomic mass is 10.0. The van der Waals surface area contributed by atoms with Crippen LogP contribution in [0.2, 0.25) is 0 Å². The Kier molecular flexibility index (Phi) is 2.94. The average Bonchev–Trinajstić information content (AvgIpc) is 2.72. The molecule has 2 heterocycles. The topological polar surface area (TPSA) is 12.0 Å². The fourth-order valence-corrected chi connectivity index (χ4v) is 3.62. The zero-order chi connectivity index (χ0) is 10.8. The van der Waals surface area contributed by atoms with Crippen LogP contribution < -0.4 is 5.32 Å². The molecule has 1 N–H and O–H groups in total. The van der Waals surface area contributed by atoms with Crippen molar-refractivity contribution >= 4 is 21.4 Å². The highest BCUT2D eigenvalue weighted by atomic mass is 32.1. The van der Waals surface area contributed by atoms with E-state index >= 15 is 0 Å². The van der Waals surface area contributed by atoms with Crippen LogP contribution in [0.4, 0.5) is 0 Å². The monoisotopic (exact) mass is 231 g/mol. The van der Waals surface area contributed by atoms with Gasteiger partial charge in [-0.15, -0.1) is 11.3 Å². The van der Waals surface area contributed by atoms with Crippen LogP contribution in [0.15, 0.2) is 30.3 Å². The lowest BCUT2D eigenvalue weighted by Gasteiger charge is -2.22. The molecule has 1 aromatic heterocycles. The number of thiophene rings is 1. The van der Waals surface area contributed by atoms with E-state index in [2.05, 4.69) is 35.6 Å². The molecule has 1 aromatic carbocycles. The second-order valence-electron chi connectivity index (χ2n) is 4.60. The highest BCUT2D eigenvalue weighted by molar-refractivity contribution is 7.19. The number of benzene rings is 1. The van der Waals surface area contributed by atoms with E-state index in [0.29, 0.717) is 6.04 Å². The van der Waals surface area contributed by atoms with Crippen molar-refractivity contribution < 1.29 is 0 Å². The molecule has 2 heteroatoms. The standard InChI is InChI=1S/C14H17NS/c1-2-7-14-11(5-1)9-13(16-14)10-12-6-3-4-8-15-12/h1-2,5,7,9,12,15H,3-4,6,8,10H2/t12-/m0/s1. The van der Waals surface area contributed by atoms with E-state index in [-0.39, 0.29) is 0 Å². The molecule has 0 saturated carbocycles. The SMILES string of the molecule is c1ccc2sc(C[C@@H]3CCCCN3)cc2c1. The lowest BCUT2D eigenvalue weighted by Crippen LogP contribution is -2.35. The van der Waals surface area contributed by atoms with E-state index in [4.69, 9.17) is 0 Å². The normalized spacial score (nSPS) is 21.4. The van der Waals surface area contributed by atoms with Gasteiger partial charge in [-0.25, -0.2) is 0 Å². The molecule has 1 nitrogen and oxygen atoms in total. The second-order valence-corrected chi connectivity index (χ2v) is 5.77. The van der Waals surface area contributed by atoms with E-state index < -0.39 is 0 Å². The summed E-state index contributed by atoms with van der Waals surface area (Å²) in [4.78, 5) is 1.53. The van der Waals surface area contributed by atoms with Crippen molar-refractivity contribution in [3.05, 3.63) is 35.2 Å². The summed E-state index contributed by atoms with van der Waals surface area (Å²) in [6.07, 6.45) is 5.29. The minimum Gasteiger partial charge on any atom is -0.314 e. The van der Waals surface area contributed by atoms with Crippen LogP contribution in [0.5, 0.6) is 0 Å². The Morgan fingerprint density at radius 2 is 2.19 bits per heavy atom. The zero-order valence-corrected chi connectivity index (χ0v) is 10.2. The first kappa shape index (κ1) is 10.3. The second kappa shape index (κ2) is 4.56. The number of fused-ring (bicyclic) bond motifs is 1. The van der Waals surface area contributed by atoms with Crippen molar-refractivity contribution in [2.45, 2.75) is 31.7 Å². The molecule has 0 bridgehead atoms. The summed E-state index contributed by atoms with van der Waals surface area (Å²) in [6.45, 7) is 1.20. The van der Waals surface area contributed by atoms with Crippen LogP contribution in [0.1, 0.15) is 24.1 Å². The summed E-state index contributed by atoms with van der Waals surface area (Å²) in [5.41, 5.74) is 0. The fraction of sp³-hybridized carbons (Fsp3) is 0.429. The van der Waals surface area contributed by atoms with Gasteiger partial charge in [-0.3, -0.25) is 0 Å². The molecular weight excluding hydrogens is 214 g/mol. The van der Waals surface area contributed by atoms with Gasteiger partial charge in [-0.2, -0.15) is 0 Å². The van der Waals surface area contributed by atoms with E-state index in [1.165, 1.54) is 47.2 Å². The van der Waals surface area contributed by atoms with Gasteiger partial charge in [0.2, 0.25) is 0 Å². The first-order valence-corrected chi connectivity index (χ1v) is 6.94. The third kappa shape index (κ3) is 2.13. The summed E-state index contributed by atoms with van der Waals surface area (Å²) in [6, 6.07) is 11.7. The molecule has 0 amide bonds. The average molecular weight is 231 g/mol. The van der Waals surface area contributed by atoms with Crippen molar-refractivity contribution in [2.24, 2.45) is 0 Å². The first-order valence-electron chi connectivity index (χ1n) is 6.13. The smallest absolute Gasteiger partial charge is 0.0345 e. The van der Waals surface area contributed by atoms with Crippen molar-refractivity contribution in [2.75, 3.05) is 6.54 Å². The molecule has 2 aromatic rings. The predicted molar refractivity (Wildman–Crippen MR) is 71.2 cm³/mol. The highest BCUT2D eigenvalue weighted by Crippen LogP contribution is 2.27. The number of hydrogen-bond donors (Lipinski definition) is 1. The Morgan fingerprint density at radius 1 is 1.25 bits per heavy atom. The van der Waals surface area contributed by atoms with E-state index in [0.717, 1.165) is 0 Å². The number of nitrogens with one attached hydrogen (secondary N) is 1. The van der Waals surface area contributed by atoms with Gasteiger partial charge in [-0.05, 0) is 43.3 Å². The van der Waals surface area contributed by atoms with Gasteiger partial charge in [0, 0.05) is 15.6 Å². The lowest BCUT2D eigenvalue weighted by molar-refractivity contribution is 0.401. The van der Waals surface area contributed by atoms with E-state index in [1.807, 2.05) is 11.3 Å². The molecule has 1 aliphatic heterocycles. The summed E-state index contributed by atoms with van der Waals surface area (Å²) in [5, 5.41) is 5.02. The Balaban J connectivity index is 1.78. The summed E-state index contributed by atoms with van der Waals surface area (Å²) in [5.74, 6) is 0. The molecule has 0 radical (unpaired) electrons. The Bertz CT molecular complexity index is 435. The van der Waals surface area contributed by atoms with Gasteiger partial charge in [-0.1, -0.05) is 24.6 Å². The Hall–Kier alpha value is -0.860. The van der Waals surface area contributed by atoms with Crippen molar-refractivity contribution in [1.29, 1.82) is 0 Å². The van der Waals surface area contributed by atoms with Crippen LogP contribution in [-0.4, -0.2) is 12.6 Å². The van der Waals surface area contributed by atoms with E-state index in [9.17, 15) is 0 Å². The summed E-state index contributed by atoms with van der Waals surface area (Å²) in [7, 11) is 0. The number of hydrogen-bond acceptors (Lipinski definition) is 2. The Morgan fingerprint density at radius 3 is 3.00 bits per heavy atom. The van der Waals surface area contributed by atoms with Gasteiger partial charge < -0.3 is 5.32 Å². The van der Waals surface area contributed by atoms with Crippen molar-refractivity contribution in [3.8, 4) is 0 Å². The Labute approximate surface area is 100 Å². The number of rotatable bonds is 2. The molecular formula is C14H17NS. The molecule has 84 valence electrons. The fourth-order valence-electron chi connectivity index (χ4n) is 2.48. The molecule has 0 spiro atoms. The van der Waals surface area contributed by atoms with Crippen LogP contribution in [0.25, 0.3) is 10.1 Å². The quantitative estimate of drug-likeness (QED) is 0.833. The maximum Gasteiger partial charge on any atom is 0.0345 e. The first-order chi connectivity index (χ1) is 7.92. The molecule has 1 saturated heterocycles. The van der Waals surface area contributed by atoms with Crippen molar-refractivity contribution in [1.82, 2.24) is 5.32 Å². The van der Waals surface area contributed by atoms with Gasteiger partial charge >= 0.3 is 0 Å².